The minimum Gasteiger partial charge on any atom is -0.508 e. The van der Waals surface area contributed by atoms with Gasteiger partial charge in [0.2, 0.25) is 10.0 Å². The van der Waals surface area contributed by atoms with Crippen molar-refractivity contribution >= 4 is 20.9 Å². The summed E-state index contributed by atoms with van der Waals surface area (Å²) in [6.07, 6.45) is 4.76. The second kappa shape index (κ2) is 7.65. The van der Waals surface area contributed by atoms with Crippen LogP contribution in [0, 0.1) is 11.3 Å². The maximum absolute atomic E-state index is 11.9. The Hall–Kier alpha value is -3.81. The lowest BCUT2D eigenvalue weighted by Crippen LogP contribution is -2.63. The van der Waals surface area contributed by atoms with Crippen molar-refractivity contribution in [2.24, 2.45) is 0 Å². The topological polar surface area (TPSA) is 125 Å². The van der Waals surface area contributed by atoms with E-state index in [-0.39, 0.29) is 25.3 Å². The number of pyridine rings is 2. The van der Waals surface area contributed by atoms with Crippen LogP contribution in [-0.4, -0.2) is 56.9 Å². The Kier molecular flexibility index (Phi) is 4.88. The molecule has 1 fully saturated rings. The molecule has 0 unspecified atom stereocenters. The third kappa shape index (κ3) is 3.71. The van der Waals surface area contributed by atoms with Crippen molar-refractivity contribution in [2.75, 3.05) is 19.3 Å². The van der Waals surface area contributed by atoms with Crippen LogP contribution in [0.2, 0.25) is 0 Å². The number of sulfonamides is 1. The van der Waals surface area contributed by atoms with Crippen molar-refractivity contribution in [1.82, 2.24) is 24.1 Å². The van der Waals surface area contributed by atoms with E-state index in [2.05, 4.69) is 11.1 Å². The predicted molar refractivity (Wildman–Crippen MR) is 122 cm³/mol. The van der Waals surface area contributed by atoms with E-state index in [0.717, 1.165) is 22.7 Å². The number of phenolic OH excluding ortho intramolecular Hbond substituents is 1. The first-order chi connectivity index (χ1) is 15.8. The summed E-state index contributed by atoms with van der Waals surface area (Å²) >= 11 is 0. The number of rotatable bonds is 5. The molecule has 1 aliphatic rings. The molecular formula is C23H20N6O3S. The second-order valence-electron chi connectivity index (χ2n) is 8.21. The van der Waals surface area contributed by atoms with E-state index in [9.17, 15) is 18.8 Å². The Bertz CT molecular complexity index is 1520. The molecule has 166 valence electrons. The molecule has 3 aromatic heterocycles. The van der Waals surface area contributed by atoms with Crippen molar-refractivity contribution in [3.8, 4) is 34.5 Å². The second-order valence-corrected chi connectivity index (χ2v) is 10.2. The predicted octanol–water partition coefficient (Wildman–Crippen LogP) is 2.75. The Morgan fingerprint density at radius 3 is 2.70 bits per heavy atom. The third-order valence-electron chi connectivity index (χ3n) is 5.88. The highest BCUT2D eigenvalue weighted by atomic mass is 32.2. The summed E-state index contributed by atoms with van der Waals surface area (Å²) in [7, 11) is -3.34. The maximum atomic E-state index is 11.9. The van der Waals surface area contributed by atoms with Gasteiger partial charge in [0.15, 0.2) is 0 Å². The number of fused-ring (bicyclic) bond motifs is 1. The minimum absolute atomic E-state index is 0.138. The fourth-order valence-electron chi connectivity index (χ4n) is 4.13. The lowest BCUT2D eigenvalue weighted by molar-refractivity contribution is 0.0726. The fraction of sp³-hybridized carbons (Fsp3) is 0.217. The van der Waals surface area contributed by atoms with Crippen molar-refractivity contribution < 1.29 is 13.5 Å². The van der Waals surface area contributed by atoms with Gasteiger partial charge < -0.3 is 5.11 Å². The largest absolute Gasteiger partial charge is 0.508 e. The third-order valence-corrected chi connectivity index (χ3v) is 7.07. The van der Waals surface area contributed by atoms with Gasteiger partial charge in [-0.15, -0.1) is 0 Å². The van der Waals surface area contributed by atoms with Gasteiger partial charge in [-0.2, -0.15) is 14.7 Å². The molecule has 1 saturated heterocycles. The fourth-order valence-corrected chi connectivity index (χ4v) is 5.08. The first kappa shape index (κ1) is 21.1. The molecule has 9 nitrogen and oxygen atoms in total. The first-order valence-corrected chi connectivity index (χ1v) is 12.1. The van der Waals surface area contributed by atoms with Crippen LogP contribution < -0.4 is 0 Å². The van der Waals surface area contributed by atoms with Crippen LogP contribution in [0.15, 0.2) is 60.9 Å². The molecule has 10 heteroatoms. The van der Waals surface area contributed by atoms with E-state index < -0.39 is 15.6 Å². The van der Waals surface area contributed by atoms with Crippen LogP contribution in [0.3, 0.4) is 0 Å². The van der Waals surface area contributed by atoms with Crippen LogP contribution >= 0.6 is 0 Å². The Labute approximate surface area is 190 Å². The standard InChI is InChI=1S/C23H20N6O3S/c1-33(31,32)28-14-23(15-28,8-9-24)29-11-7-19(27-29)22-18-6-3-10-25-21(18)13-20(26-22)16-4-2-5-17(30)12-16/h2-7,10-13,30H,8,14-15H2,1H3. The number of hydrogen-bond donors (Lipinski definition) is 1. The minimum atomic E-state index is -3.34. The van der Waals surface area contributed by atoms with Gasteiger partial charge in [0, 0.05) is 36.4 Å². The molecule has 5 rings (SSSR count). The molecule has 1 aromatic carbocycles. The molecule has 0 spiro atoms. The highest BCUT2D eigenvalue weighted by molar-refractivity contribution is 7.88. The SMILES string of the molecule is CS(=O)(=O)N1CC(CC#N)(n2ccc(-c3nc(-c4cccc(O)c4)cc4ncccc34)n2)C1. The molecule has 0 bridgehead atoms. The summed E-state index contributed by atoms with van der Waals surface area (Å²) in [4.78, 5) is 9.30. The van der Waals surface area contributed by atoms with Gasteiger partial charge in [-0.1, -0.05) is 12.1 Å². The smallest absolute Gasteiger partial charge is 0.211 e. The number of aromatic nitrogens is 4. The number of hydrogen-bond acceptors (Lipinski definition) is 7. The molecule has 33 heavy (non-hydrogen) atoms. The summed E-state index contributed by atoms with van der Waals surface area (Å²) in [6, 6.07) is 16.4. The number of aromatic hydroxyl groups is 1. The number of nitrogens with zero attached hydrogens (tertiary/aromatic N) is 6. The summed E-state index contributed by atoms with van der Waals surface area (Å²) in [5.74, 6) is 0.139. The summed E-state index contributed by atoms with van der Waals surface area (Å²) in [5.41, 5.74) is 2.60. The van der Waals surface area contributed by atoms with Crippen LogP contribution in [0.1, 0.15) is 6.42 Å². The maximum Gasteiger partial charge on any atom is 0.211 e. The van der Waals surface area contributed by atoms with Crippen molar-refractivity contribution in [1.29, 1.82) is 5.26 Å². The normalized spacial score (nSPS) is 15.8. The Morgan fingerprint density at radius 2 is 1.97 bits per heavy atom. The van der Waals surface area contributed by atoms with Crippen LogP contribution in [0.4, 0.5) is 0 Å². The highest BCUT2D eigenvalue weighted by Crippen LogP contribution is 2.36. The molecule has 0 saturated carbocycles. The van der Waals surface area contributed by atoms with E-state index in [1.165, 1.54) is 4.31 Å². The van der Waals surface area contributed by atoms with Gasteiger partial charge in [-0.3, -0.25) is 9.67 Å². The zero-order valence-corrected chi connectivity index (χ0v) is 18.6. The van der Waals surface area contributed by atoms with E-state index in [0.29, 0.717) is 17.1 Å². The molecule has 0 aliphatic carbocycles. The van der Waals surface area contributed by atoms with E-state index in [4.69, 9.17) is 10.1 Å². The molecule has 0 radical (unpaired) electrons. The lowest BCUT2D eigenvalue weighted by atomic mass is 9.89. The van der Waals surface area contributed by atoms with Crippen LogP contribution in [0.25, 0.3) is 33.5 Å². The van der Waals surface area contributed by atoms with E-state index >= 15 is 0 Å². The van der Waals surface area contributed by atoms with Gasteiger partial charge >= 0.3 is 0 Å². The van der Waals surface area contributed by atoms with Crippen LogP contribution in [0.5, 0.6) is 5.75 Å². The van der Waals surface area contributed by atoms with Gasteiger partial charge in [-0.05, 0) is 36.4 Å². The average molecular weight is 461 g/mol. The zero-order valence-electron chi connectivity index (χ0n) is 17.8. The molecule has 4 heterocycles. The van der Waals surface area contributed by atoms with E-state index in [1.54, 1.807) is 35.3 Å². The quantitative estimate of drug-likeness (QED) is 0.485. The average Bonchev–Trinajstić information content (AvgIpc) is 3.24. The van der Waals surface area contributed by atoms with Gasteiger partial charge in [0.1, 0.15) is 22.7 Å². The number of benzene rings is 1. The van der Waals surface area contributed by atoms with Gasteiger partial charge in [0.05, 0.1) is 30.0 Å². The monoisotopic (exact) mass is 460 g/mol. The molecule has 1 aliphatic heterocycles. The molecule has 1 N–H and O–H groups in total. The summed E-state index contributed by atoms with van der Waals surface area (Å²) in [5, 5.41) is 24.8. The molecule has 0 amide bonds. The van der Waals surface area contributed by atoms with Crippen molar-refractivity contribution in [3.63, 3.8) is 0 Å². The summed E-state index contributed by atoms with van der Waals surface area (Å²) < 4.78 is 26.8. The number of nitriles is 1. The molecule has 0 atom stereocenters. The van der Waals surface area contributed by atoms with Crippen LogP contribution in [-0.2, 0) is 15.6 Å². The summed E-state index contributed by atoms with van der Waals surface area (Å²) in [6.45, 7) is 0.388. The Morgan fingerprint density at radius 1 is 1.15 bits per heavy atom. The molecule has 4 aromatic rings. The molecular weight excluding hydrogens is 440 g/mol. The van der Waals surface area contributed by atoms with Gasteiger partial charge in [-0.25, -0.2) is 13.4 Å². The number of phenols is 1. The Balaban J connectivity index is 1.60. The zero-order chi connectivity index (χ0) is 23.2. The van der Waals surface area contributed by atoms with Crippen molar-refractivity contribution in [2.45, 2.75) is 12.0 Å². The van der Waals surface area contributed by atoms with E-state index in [1.807, 2.05) is 30.3 Å². The highest BCUT2D eigenvalue weighted by Gasteiger charge is 2.49. The van der Waals surface area contributed by atoms with Crippen molar-refractivity contribution in [3.05, 3.63) is 60.9 Å². The van der Waals surface area contributed by atoms with Gasteiger partial charge in [0.25, 0.3) is 0 Å². The first-order valence-electron chi connectivity index (χ1n) is 10.2. The lowest BCUT2D eigenvalue weighted by Gasteiger charge is -2.47.